The number of ether oxygens (including phenoxy) is 2. The van der Waals surface area contributed by atoms with Crippen LogP contribution in [0.15, 0.2) is 60.0 Å². The third kappa shape index (κ3) is 5.68. The van der Waals surface area contributed by atoms with Crippen LogP contribution in [0.4, 0.5) is 5.69 Å². The first-order valence-corrected chi connectivity index (χ1v) is 11.5. The number of aryl methyl sites for hydroxylation is 1. The van der Waals surface area contributed by atoms with Gasteiger partial charge in [-0.05, 0) is 42.8 Å². The van der Waals surface area contributed by atoms with Crippen molar-refractivity contribution in [3.63, 3.8) is 0 Å². The molecule has 0 atom stereocenters. The molecule has 0 spiro atoms. The fraction of sp³-hybridized carbons (Fsp3) is 0.280. The zero-order chi connectivity index (χ0) is 22.3. The minimum atomic E-state index is 0.0274. The maximum Gasteiger partial charge on any atom is 0.246 e. The summed E-state index contributed by atoms with van der Waals surface area (Å²) in [5.74, 6) is 1.63. The van der Waals surface area contributed by atoms with E-state index in [0.717, 1.165) is 46.5 Å². The molecule has 1 aliphatic rings. The van der Waals surface area contributed by atoms with Gasteiger partial charge in [-0.3, -0.25) is 4.79 Å². The average Bonchev–Trinajstić information content (AvgIpc) is 3.26. The molecule has 1 aliphatic heterocycles. The first kappa shape index (κ1) is 21.9. The molecule has 1 fully saturated rings. The van der Waals surface area contributed by atoms with E-state index in [-0.39, 0.29) is 5.91 Å². The highest BCUT2D eigenvalue weighted by atomic mass is 32.1. The Morgan fingerprint density at radius 2 is 1.88 bits per heavy atom. The van der Waals surface area contributed by atoms with Crippen LogP contribution in [-0.2, 0) is 11.4 Å². The molecule has 3 aromatic rings. The molecule has 7 heteroatoms. The molecule has 0 unspecified atom stereocenters. The van der Waals surface area contributed by atoms with Gasteiger partial charge in [0.2, 0.25) is 5.91 Å². The van der Waals surface area contributed by atoms with Crippen molar-refractivity contribution in [2.24, 2.45) is 0 Å². The van der Waals surface area contributed by atoms with Crippen molar-refractivity contribution in [1.29, 1.82) is 0 Å². The summed E-state index contributed by atoms with van der Waals surface area (Å²) in [6, 6.07) is 15.8. The lowest BCUT2D eigenvalue weighted by Crippen LogP contribution is -2.48. The summed E-state index contributed by atoms with van der Waals surface area (Å²) in [6.07, 6.45) is 3.49. The van der Waals surface area contributed by atoms with Gasteiger partial charge in [-0.25, -0.2) is 4.98 Å². The van der Waals surface area contributed by atoms with E-state index in [9.17, 15) is 4.79 Å². The minimum absolute atomic E-state index is 0.0274. The first-order chi connectivity index (χ1) is 15.6. The van der Waals surface area contributed by atoms with Crippen molar-refractivity contribution < 1.29 is 14.3 Å². The zero-order valence-corrected chi connectivity index (χ0v) is 19.2. The number of rotatable bonds is 7. The predicted molar refractivity (Wildman–Crippen MR) is 128 cm³/mol. The molecule has 32 heavy (non-hydrogen) atoms. The van der Waals surface area contributed by atoms with E-state index in [1.54, 1.807) is 24.5 Å². The van der Waals surface area contributed by atoms with Crippen LogP contribution in [0.1, 0.15) is 16.3 Å². The Labute approximate surface area is 192 Å². The summed E-state index contributed by atoms with van der Waals surface area (Å²) in [7, 11) is 1.67. The number of aromatic nitrogens is 1. The normalized spacial score (nSPS) is 14.1. The van der Waals surface area contributed by atoms with Crippen molar-refractivity contribution in [3.8, 4) is 11.5 Å². The Kier molecular flexibility index (Phi) is 7.07. The molecule has 0 radical (unpaired) electrons. The van der Waals surface area contributed by atoms with E-state index in [4.69, 9.17) is 9.47 Å². The summed E-state index contributed by atoms with van der Waals surface area (Å²) < 4.78 is 11.2. The van der Waals surface area contributed by atoms with Crippen molar-refractivity contribution >= 4 is 29.0 Å². The molecule has 0 aliphatic carbocycles. The molecule has 1 aromatic heterocycles. The highest BCUT2D eigenvalue weighted by Crippen LogP contribution is 2.22. The van der Waals surface area contributed by atoms with Crippen molar-refractivity contribution in [2.45, 2.75) is 13.5 Å². The number of hydrogen-bond donors (Lipinski definition) is 0. The summed E-state index contributed by atoms with van der Waals surface area (Å²) in [5, 5.41) is 3.04. The van der Waals surface area contributed by atoms with Crippen molar-refractivity contribution in [2.75, 3.05) is 38.2 Å². The fourth-order valence-electron chi connectivity index (χ4n) is 3.60. The van der Waals surface area contributed by atoms with Crippen LogP contribution in [-0.4, -0.2) is 49.1 Å². The largest absolute Gasteiger partial charge is 0.497 e. The molecule has 6 nitrogen and oxygen atoms in total. The van der Waals surface area contributed by atoms with Gasteiger partial charge >= 0.3 is 0 Å². The van der Waals surface area contributed by atoms with Gasteiger partial charge in [-0.15, -0.1) is 11.3 Å². The average molecular weight is 450 g/mol. The zero-order valence-electron chi connectivity index (χ0n) is 18.4. The second kappa shape index (κ2) is 10.3. The van der Waals surface area contributed by atoms with E-state index >= 15 is 0 Å². The van der Waals surface area contributed by atoms with Gasteiger partial charge in [0.25, 0.3) is 0 Å². The molecule has 4 rings (SSSR count). The molecule has 1 amide bonds. The van der Waals surface area contributed by atoms with Gasteiger partial charge in [0, 0.05) is 49.4 Å². The van der Waals surface area contributed by atoms with Crippen LogP contribution in [0.5, 0.6) is 11.5 Å². The van der Waals surface area contributed by atoms with Crippen molar-refractivity contribution in [1.82, 2.24) is 9.88 Å². The van der Waals surface area contributed by atoms with Crippen LogP contribution in [0.2, 0.25) is 0 Å². The van der Waals surface area contributed by atoms with Crippen LogP contribution < -0.4 is 14.4 Å². The molecule has 0 bridgehead atoms. The smallest absolute Gasteiger partial charge is 0.246 e. The monoisotopic (exact) mass is 449 g/mol. The second-order valence-electron chi connectivity index (χ2n) is 7.57. The molecule has 0 N–H and O–H groups in total. The second-order valence-corrected chi connectivity index (χ2v) is 8.63. The number of hydrogen-bond acceptors (Lipinski definition) is 6. The van der Waals surface area contributed by atoms with E-state index in [2.05, 4.69) is 16.0 Å². The van der Waals surface area contributed by atoms with Gasteiger partial charge in [-0.2, -0.15) is 0 Å². The van der Waals surface area contributed by atoms with E-state index in [1.165, 1.54) is 0 Å². The molecule has 0 saturated carbocycles. The molecular formula is C25H27N3O3S. The third-order valence-corrected chi connectivity index (χ3v) is 6.16. The van der Waals surface area contributed by atoms with Crippen LogP contribution >= 0.6 is 11.3 Å². The summed E-state index contributed by atoms with van der Waals surface area (Å²) in [6.45, 7) is 5.40. The maximum atomic E-state index is 12.7. The summed E-state index contributed by atoms with van der Waals surface area (Å²) in [4.78, 5) is 21.3. The first-order valence-electron chi connectivity index (χ1n) is 10.6. The number of carbonyl (C=O) groups excluding carboxylic acids is 1. The van der Waals surface area contributed by atoms with Gasteiger partial charge < -0.3 is 19.3 Å². The van der Waals surface area contributed by atoms with Gasteiger partial charge in [0.05, 0.1) is 17.8 Å². The predicted octanol–water partition coefficient (Wildman–Crippen LogP) is 4.40. The Morgan fingerprint density at radius 3 is 2.62 bits per heavy atom. The highest BCUT2D eigenvalue weighted by Gasteiger charge is 2.20. The molecule has 2 heterocycles. The van der Waals surface area contributed by atoms with Gasteiger partial charge in [-0.1, -0.05) is 18.2 Å². The number of thiazole rings is 1. The number of piperazine rings is 1. The van der Waals surface area contributed by atoms with Crippen LogP contribution in [0, 0.1) is 6.92 Å². The number of anilines is 1. The molecule has 2 aromatic carbocycles. The van der Waals surface area contributed by atoms with Crippen LogP contribution in [0.3, 0.4) is 0 Å². The Balaban J connectivity index is 1.29. The SMILES string of the molecule is COc1cccc(N2CCN(C(=O)/C=C/c3cccc(OCc4csc(C)n4)c3)CC2)c1. The van der Waals surface area contributed by atoms with E-state index < -0.39 is 0 Å². The Hall–Kier alpha value is -3.32. The fourth-order valence-corrected chi connectivity index (χ4v) is 4.20. The lowest BCUT2D eigenvalue weighted by Gasteiger charge is -2.35. The summed E-state index contributed by atoms with van der Waals surface area (Å²) >= 11 is 1.61. The third-order valence-electron chi connectivity index (χ3n) is 5.34. The number of nitrogens with zero attached hydrogens (tertiary/aromatic N) is 3. The standard InChI is InChI=1S/C25H27N3O3S/c1-19-26-21(18-32-19)17-31-24-8-3-5-20(15-24)9-10-25(29)28-13-11-27(12-14-28)22-6-4-7-23(16-22)30-2/h3-10,15-16,18H,11-14,17H2,1-2H3/b10-9+. The molecule has 166 valence electrons. The number of carbonyl (C=O) groups is 1. The van der Waals surface area contributed by atoms with Crippen molar-refractivity contribution in [3.05, 3.63) is 76.3 Å². The Morgan fingerprint density at radius 1 is 1.09 bits per heavy atom. The summed E-state index contributed by atoms with van der Waals surface area (Å²) in [5.41, 5.74) is 2.98. The minimum Gasteiger partial charge on any atom is -0.497 e. The molecular weight excluding hydrogens is 422 g/mol. The maximum absolute atomic E-state index is 12.7. The Bertz CT molecular complexity index is 1090. The molecule has 1 saturated heterocycles. The lowest BCUT2D eigenvalue weighted by atomic mass is 10.2. The van der Waals surface area contributed by atoms with Gasteiger partial charge in [0.1, 0.15) is 18.1 Å². The number of benzene rings is 2. The van der Waals surface area contributed by atoms with E-state index in [1.807, 2.05) is 65.7 Å². The van der Waals surface area contributed by atoms with Gasteiger partial charge in [0.15, 0.2) is 0 Å². The van der Waals surface area contributed by atoms with Crippen LogP contribution in [0.25, 0.3) is 6.08 Å². The van der Waals surface area contributed by atoms with E-state index in [0.29, 0.717) is 19.7 Å². The quantitative estimate of drug-likeness (QED) is 0.501. The topological polar surface area (TPSA) is 54.9 Å². The number of amides is 1. The number of methoxy groups -OCH3 is 1. The highest BCUT2D eigenvalue weighted by molar-refractivity contribution is 7.09. The lowest BCUT2D eigenvalue weighted by molar-refractivity contribution is -0.126.